The molecule has 1 aliphatic rings. The number of carbonyl (C=O) groups excluding carboxylic acids is 1. The molecule has 86 valence electrons. The first-order chi connectivity index (χ1) is 7.57. The zero-order valence-corrected chi connectivity index (χ0v) is 10.8. The Morgan fingerprint density at radius 2 is 2.25 bits per heavy atom. The van der Waals surface area contributed by atoms with Crippen molar-refractivity contribution in [3.05, 3.63) is 28.7 Å². The Morgan fingerprint density at radius 1 is 1.50 bits per heavy atom. The average Bonchev–Trinajstić information content (AvgIpc) is 2.95. The Hall–Kier alpha value is -0.870. The van der Waals surface area contributed by atoms with Gasteiger partial charge < -0.3 is 10.6 Å². The number of carbonyl (C=O) groups is 1. The van der Waals surface area contributed by atoms with Crippen molar-refractivity contribution in [2.45, 2.75) is 25.3 Å². The Kier molecular flexibility index (Phi) is 3.30. The molecule has 0 atom stereocenters. The zero-order valence-electron chi connectivity index (χ0n) is 9.22. The van der Waals surface area contributed by atoms with Gasteiger partial charge in [0.25, 0.3) is 0 Å². The summed E-state index contributed by atoms with van der Waals surface area (Å²) in [5.41, 5.74) is 1.02. The predicted molar refractivity (Wildman–Crippen MR) is 68.4 cm³/mol. The maximum atomic E-state index is 11.6. The van der Waals surface area contributed by atoms with Crippen LogP contribution in [0.15, 0.2) is 28.7 Å². The van der Waals surface area contributed by atoms with Gasteiger partial charge in [-0.3, -0.25) is 4.79 Å². The van der Waals surface area contributed by atoms with Gasteiger partial charge in [-0.1, -0.05) is 22.0 Å². The molecule has 1 fully saturated rings. The van der Waals surface area contributed by atoms with E-state index in [0.29, 0.717) is 6.54 Å². The van der Waals surface area contributed by atoms with E-state index in [1.807, 2.05) is 24.3 Å². The molecule has 0 spiro atoms. The van der Waals surface area contributed by atoms with Crippen LogP contribution in [0.5, 0.6) is 0 Å². The summed E-state index contributed by atoms with van der Waals surface area (Å²) < 4.78 is 0.965. The smallest absolute Gasteiger partial charge is 0.238 e. The fraction of sp³-hybridized carbons (Fsp3) is 0.417. The maximum absolute atomic E-state index is 11.6. The lowest BCUT2D eigenvalue weighted by Crippen LogP contribution is -2.35. The lowest BCUT2D eigenvalue weighted by Gasteiger charge is -2.11. The standard InChI is InChI=1S/C12H15BrN2O/c1-12(5-6-12)14-8-11(16)15-10-4-2-3-9(13)7-10/h2-4,7,14H,5-6,8H2,1H3,(H,15,16). The van der Waals surface area contributed by atoms with Crippen molar-refractivity contribution in [3.63, 3.8) is 0 Å². The van der Waals surface area contributed by atoms with Gasteiger partial charge in [-0.2, -0.15) is 0 Å². The predicted octanol–water partition coefficient (Wildman–Crippen LogP) is 2.53. The van der Waals surface area contributed by atoms with Crippen molar-refractivity contribution in [1.29, 1.82) is 0 Å². The van der Waals surface area contributed by atoms with Crippen LogP contribution in [0.2, 0.25) is 0 Å². The Labute approximate surface area is 104 Å². The molecule has 3 nitrogen and oxygen atoms in total. The molecule has 2 rings (SSSR count). The first kappa shape index (κ1) is 11.6. The Morgan fingerprint density at radius 3 is 2.88 bits per heavy atom. The molecule has 16 heavy (non-hydrogen) atoms. The summed E-state index contributed by atoms with van der Waals surface area (Å²) >= 11 is 3.37. The van der Waals surface area contributed by atoms with E-state index in [0.717, 1.165) is 23.0 Å². The summed E-state index contributed by atoms with van der Waals surface area (Å²) in [6, 6.07) is 7.59. The van der Waals surface area contributed by atoms with Crippen LogP contribution in [-0.4, -0.2) is 18.0 Å². The summed E-state index contributed by atoms with van der Waals surface area (Å²) in [6.07, 6.45) is 2.33. The zero-order chi connectivity index (χ0) is 11.6. The molecule has 1 aromatic carbocycles. The van der Waals surface area contributed by atoms with Crippen LogP contribution in [0, 0.1) is 0 Å². The van der Waals surface area contributed by atoms with E-state index in [4.69, 9.17) is 0 Å². The van der Waals surface area contributed by atoms with E-state index in [1.165, 1.54) is 0 Å². The SMILES string of the molecule is CC1(NCC(=O)Nc2cccc(Br)c2)CC1. The quantitative estimate of drug-likeness (QED) is 0.891. The van der Waals surface area contributed by atoms with Gasteiger partial charge in [-0.25, -0.2) is 0 Å². The van der Waals surface area contributed by atoms with E-state index in [2.05, 4.69) is 33.5 Å². The minimum absolute atomic E-state index is 0.00576. The van der Waals surface area contributed by atoms with Crippen molar-refractivity contribution in [2.24, 2.45) is 0 Å². The first-order valence-electron chi connectivity index (χ1n) is 5.38. The number of nitrogens with one attached hydrogen (secondary N) is 2. The maximum Gasteiger partial charge on any atom is 0.238 e. The highest BCUT2D eigenvalue weighted by molar-refractivity contribution is 9.10. The second-order valence-corrected chi connectivity index (χ2v) is 5.39. The van der Waals surface area contributed by atoms with Crippen molar-refractivity contribution in [1.82, 2.24) is 5.32 Å². The van der Waals surface area contributed by atoms with Crippen LogP contribution >= 0.6 is 15.9 Å². The van der Waals surface area contributed by atoms with Crippen molar-refractivity contribution < 1.29 is 4.79 Å². The highest BCUT2D eigenvalue weighted by atomic mass is 79.9. The third-order valence-corrected chi connectivity index (χ3v) is 3.28. The molecule has 0 saturated heterocycles. The normalized spacial score (nSPS) is 16.9. The number of anilines is 1. The van der Waals surface area contributed by atoms with Crippen LogP contribution in [0.4, 0.5) is 5.69 Å². The van der Waals surface area contributed by atoms with Gasteiger partial charge in [-0.15, -0.1) is 0 Å². The van der Waals surface area contributed by atoms with Crippen LogP contribution in [-0.2, 0) is 4.79 Å². The topological polar surface area (TPSA) is 41.1 Å². The molecule has 0 radical (unpaired) electrons. The van der Waals surface area contributed by atoms with E-state index in [9.17, 15) is 4.79 Å². The number of benzene rings is 1. The fourth-order valence-corrected chi connectivity index (χ4v) is 1.83. The van der Waals surface area contributed by atoms with Gasteiger partial charge in [0, 0.05) is 15.7 Å². The molecular formula is C12H15BrN2O. The first-order valence-corrected chi connectivity index (χ1v) is 6.17. The van der Waals surface area contributed by atoms with Gasteiger partial charge in [0.1, 0.15) is 0 Å². The van der Waals surface area contributed by atoms with Gasteiger partial charge in [0.15, 0.2) is 0 Å². The third kappa shape index (κ3) is 3.32. The van der Waals surface area contributed by atoms with Gasteiger partial charge >= 0.3 is 0 Å². The molecule has 0 heterocycles. The van der Waals surface area contributed by atoms with Crippen LogP contribution in [0.3, 0.4) is 0 Å². The number of halogens is 1. The lowest BCUT2D eigenvalue weighted by molar-refractivity contribution is -0.115. The highest BCUT2D eigenvalue weighted by Gasteiger charge is 2.36. The van der Waals surface area contributed by atoms with Crippen LogP contribution in [0.1, 0.15) is 19.8 Å². The summed E-state index contributed by atoms with van der Waals surface area (Å²) in [5.74, 6) is 0.00576. The molecule has 0 bridgehead atoms. The van der Waals surface area contributed by atoms with E-state index < -0.39 is 0 Å². The van der Waals surface area contributed by atoms with Gasteiger partial charge in [0.2, 0.25) is 5.91 Å². The van der Waals surface area contributed by atoms with E-state index >= 15 is 0 Å². The second-order valence-electron chi connectivity index (χ2n) is 4.47. The van der Waals surface area contributed by atoms with Crippen LogP contribution < -0.4 is 10.6 Å². The number of hydrogen-bond donors (Lipinski definition) is 2. The lowest BCUT2D eigenvalue weighted by atomic mass is 10.3. The molecule has 0 aromatic heterocycles. The molecule has 0 aliphatic heterocycles. The monoisotopic (exact) mass is 282 g/mol. The average molecular weight is 283 g/mol. The minimum Gasteiger partial charge on any atom is -0.325 e. The Bertz CT molecular complexity index is 402. The fourth-order valence-electron chi connectivity index (χ4n) is 1.43. The summed E-state index contributed by atoms with van der Waals surface area (Å²) in [6.45, 7) is 2.52. The van der Waals surface area contributed by atoms with Crippen molar-refractivity contribution in [3.8, 4) is 0 Å². The summed E-state index contributed by atoms with van der Waals surface area (Å²) in [7, 11) is 0. The highest BCUT2D eigenvalue weighted by Crippen LogP contribution is 2.33. The second kappa shape index (κ2) is 4.55. The summed E-state index contributed by atoms with van der Waals surface area (Å²) in [4.78, 5) is 11.6. The van der Waals surface area contributed by atoms with Crippen molar-refractivity contribution >= 4 is 27.5 Å². The van der Waals surface area contributed by atoms with E-state index in [-0.39, 0.29) is 11.4 Å². The largest absolute Gasteiger partial charge is 0.325 e. The minimum atomic E-state index is 0.00576. The van der Waals surface area contributed by atoms with Gasteiger partial charge in [-0.05, 0) is 38.0 Å². The molecule has 1 aliphatic carbocycles. The van der Waals surface area contributed by atoms with E-state index in [1.54, 1.807) is 0 Å². The summed E-state index contributed by atoms with van der Waals surface area (Å²) in [5, 5.41) is 6.10. The molecule has 1 saturated carbocycles. The molecule has 2 N–H and O–H groups in total. The molecule has 4 heteroatoms. The number of rotatable bonds is 4. The third-order valence-electron chi connectivity index (χ3n) is 2.78. The molecule has 1 amide bonds. The number of hydrogen-bond acceptors (Lipinski definition) is 2. The molecule has 0 unspecified atom stereocenters. The van der Waals surface area contributed by atoms with Gasteiger partial charge in [0.05, 0.1) is 6.54 Å². The number of amides is 1. The molecular weight excluding hydrogens is 268 g/mol. The van der Waals surface area contributed by atoms with Crippen LogP contribution in [0.25, 0.3) is 0 Å². The Balaban J connectivity index is 1.82. The molecule has 1 aromatic rings. The van der Waals surface area contributed by atoms with Crippen molar-refractivity contribution in [2.75, 3.05) is 11.9 Å².